The van der Waals surface area contributed by atoms with Crippen molar-refractivity contribution in [1.82, 2.24) is 4.90 Å². The Morgan fingerprint density at radius 2 is 2.04 bits per heavy atom. The number of piperidine rings is 1. The molecular formula is C19H24N2O3. The molecule has 1 aromatic rings. The van der Waals surface area contributed by atoms with Crippen LogP contribution in [0.5, 0.6) is 11.5 Å². The Bertz CT molecular complexity index is 656. The summed E-state index contributed by atoms with van der Waals surface area (Å²) in [6.07, 6.45) is 7.34. The Balaban J connectivity index is 1.40. The molecule has 0 spiro atoms. The molecule has 128 valence electrons. The van der Waals surface area contributed by atoms with Gasteiger partial charge in [0.25, 0.3) is 0 Å². The summed E-state index contributed by atoms with van der Waals surface area (Å²) in [6, 6.07) is 6.25. The number of amides is 1. The van der Waals surface area contributed by atoms with Crippen molar-refractivity contribution in [2.24, 2.45) is 0 Å². The summed E-state index contributed by atoms with van der Waals surface area (Å²) in [7, 11) is 0. The molecular weight excluding hydrogens is 304 g/mol. The number of hydrogen-bond donors (Lipinski definition) is 1. The number of benzene rings is 1. The van der Waals surface area contributed by atoms with Crippen LogP contribution in [0.4, 0.5) is 5.69 Å². The number of likely N-dealkylation sites (tertiary alicyclic amines) is 1. The number of anilines is 1. The van der Waals surface area contributed by atoms with Gasteiger partial charge >= 0.3 is 0 Å². The number of rotatable bonds is 3. The highest BCUT2D eigenvalue weighted by Crippen LogP contribution is 2.33. The first-order valence-corrected chi connectivity index (χ1v) is 8.94. The van der Waals surface area contributed by atoms with E-state index in [1.807, 2.05) is 23.1 Å². The molecule has 0 bridgehead atoms. The van der Waals surface area contributed by atoms with Gasteiger partial charge in [-0.3, -0.25) is 4.79 Å². The number of carbonyl (C=O) groups is 1. The zero-order valence-electron chi connectivity index (χ0n) is 13.9. The van der Waals surface area contributed by atoms with E-state index in [1.54, 1.807) is 0 Å². The maximum Gasteiger partial charge on any atom is 0.249 e. The molecule has 1 fully saturated rings. The highest BCUT2D eigenvalue weighted by molar-refractivity contribution is 5.93. The predicted octanol–water partition coefficient (Wildman–Crippen LogP) is 2.97. The van der Waals surface area contributed by atoms with Gasteiger partial charge in [0.15, 0.2) is 11.5 Å². The van der Waals surface area contributed by atoms with Crippen LogP contribution in [0.1, 0.15) is 32.1 Å². The minimum atomic E-state index is 0.237. The fraction of sp³-hybridized carbons (Fsp3) is 0.526. The van der Waals surface area contributed by atoms with Crippen molar-refractivity contribution in [2.45, 2.75) is 38.1 Å². The molecule has 0 aromatic heterocycles. The molecule has 24 heavy (non-hydrogen) atoms. The molecule has 1 amide bonds. The Morgan fingerprint density at radius 1 is 1.17 bits per heavy atom. The Kier molecular flexibility index (Phi) is 4.32. The van der Waals surface area contributed by atoms with E-state index in [-0.39, 0.29) is 11.9 Å². The van der Waals surface area contributed by atoms with Gasteiger partial charge in [0.05, 0.1) is 0 Å². The molecule has 4 rings (SSSR count). The number of nitrogens with one attached hydrogen (secondary N) is 1. The van der Waals surface area contributed by atoms with Crippen LogP contribution < -0.4 is 14.8 Å². The van der Waals surface area contributed by atoms with E-state index >= 15 is 0 Å². The van der Waals surface area contributed by atoms with Crippen molar-refractivity contribution in [3.63, 3.8) is 0 Å². The van der Waals surface area contributed by atoms with Crippen molar-refractivity contribution in [1.29, 1.82) is 0 Å². The molecule has 0 saturated carbocycles. The first-order valence-electron chi connectivity index (χ1n) is 8.94. The number of hydrogen-bond acceptors (Lipinski definition) is 4. The van der Waals surface area contributed by atoms with Gasteiger partial charge in [0, 0.05) is 36.5 Å². The zero-order chi connectivity index (χ0) is 16.4. The Morgan fingerprint density at radius 3 is 2.88 bits per heavy atom. The van der Waals surface area contributed by atoms with Crippen molar-refractivity contribution in [3.8, 4) is 11.5 Å². The fourth-order valence-corrected chi connectivity index (χ4v) is 3.72. The molecule has 5 nitrogen and oxygen atoms in total. The number of ether oxygens (including phenoxy) is 2. The van der Waals surface area contributed by atoms with E-state index in [2.05, 4.69) is 11.4 Å². The molecule has 1 atom stereocenters. The first-order chi connectivity index (χ1) is 11.8. The quantitative estimate of drug-likeness (QED) is 0.927. The van der Waals surface area contributed by atoms with Crippen molar-refractivity contribution < 1.29 is 14.3 Å². The first kappa shape index (κ1) is 15.4. The van der Waals surface area contributed by atoms with E-state index in [9.17, 15) is 4.79 Å². The normalized spacial score (nSPS) is 22.9. The molecule has 2 aliphatic heterocycles. The van der Waals surface area contributed by atoms with E-state index in [0.717, 1.165) is 68.0 Å². The van der Waals surface area contributed by atoms with Crippen LogP contribution in [-0.2, 0) is 4.79 Å². The second-order valence-corrected chi connectivity index (χ2v) is 6.71. The third-order valence-electron chi connectivity index (χ3n) is 4.94. The predicted molar refractivity (Wildman–Crippen MR) is 92.6 cm³/mol. The average Bonchev–Trinajstić information content (AvgIpc) is 3.16. The van der Waals surface area contributed by atoms with Gasteiger partial charge in [0.2, 0.25) is 5.91 Å². The maximum absolute atomic E-state index is 12.6. The van der Waals surface area contributed by atoms with Gasteiger partial charge in [0.1, 0.15) is 13.2 Å². The monoisotopic (exact) mass is 328 g/mol. The van der Waals surface area contributed by atoms with E-state index in [1.165, 1.54) is 0 Å². The summed E-state index contributed by atoms with van der Waals surface area (Å²) in [6.45, 7) is 2.84. The van der Waals surface area contributed by atoms with Crippen LogP contribution in [0.25, 0.3) is 0 Å². The highest BCUT2D eigenvalue weighted by Gasteiger charge is 2.26. The van der Waals surface area contributed by atoms with E-state index in [4.69, 9.17) is 9.47 Å². The minimum Gasteiger partial charge on any atom is -0.486 e. The number of carbonyl (C=O) groups excluding carboxylic acids is 1. The summed E-state index contributed by atoms with van der Waals surface area (Å²) >= 11 is 0. The van der Waals surface area contributed by atoms with Gasteiger partial charge in [-0.2, -0.15) is 0 Å². The molecule has 1 unspecified atom stereocenters. The summed E-state index contributed by atoms with van der Waals surface area (Å²) in [5.74, 6) is 1.84. The van der Waals surface area contributed by atoms with Crippen molar-refractivity contribution in [3.05, 3.63) is 29.8 Å². The van der Waals surface area contributed by atoms with Crippen molar-refractivity contribution >= 4 is 11.6 Å². The van der Waals surface area contributed by atoms with Gasteiger partial charge in [-0.05, 0) is 44.2 Å². The van der Waals surface area contributed by atoms with Crippen LogP contribution in [0, 0.1) is 0 Å². The molecule has 3 aliphatic rings. The lowest BCUT2D eigenvalue weighted by Crippen LogP contribution is -2.45. The summed E-state index contributed by atoms with van der Waals surface area (Å²) in [5.41, 5.74) is 2.04. The molecule has 1 aliphatic carbocycles. The second-order valence-electron chi connectivity index (χ2n) is 6.71. The third kappa shape index (κ3) is 3.21. The van der Waals surface area contributed by atoms with Gasteiger partial charge < -0.3 is 19.7 Å². The number of fused-ring (bicyclic) bond motifs is 1. The molecule has 0 radical (unpaired) electrons. The lowest BCUT2D eigenvalue weighted by molar-refractivity contribution is -0.128. The average molecular weight is 328 g/mol. The largest absolute Gasteiger partial charge is 0.486 e. The number of allylic oxidation sites excluding steroid dienone is 1. The van der Waals surface area contributed by atoms with E-state index in [0.29, 0.717) is 13.2 Å². The standard InChI is InChI=1S/C19H24N2O3/c22-19(14-4-1-2-5-14)21-9-3-6-16(13-21)20-15-7-8-17-18(12-15)24-11-10-23-17/h4,7-8,12,16,20H,1-3,5-6,9-11,13H2. The lowest BCUT2D eigenvalue weighted by Gasteiger charge is -2.34. The van der Waals surface area contributed by atoms with Crippen LogP contribution >= 0.6 is 0 Å². The van der Waals surface area contributed by atoms with Gasteiger partial charge in [-0.25, -0.2) is 0 Å². The second kappa shape index (κ2) is 6.75. The molecule has 5 heteroatoms. The lowest BCUT2D eigenvalue weighted by atomic mass is 10.0. The van der Waals surface area contributed by atoms with Gasteiger partial charge in [-0.1, -0.05) is 6.08 Å². The summed E-state index contributed by atoms with van der Waals surface area (Å²) in [5, 5.41) is 3.56. The summed E-state index contributed by atoms with van der Waals surface area (Å²) < 4.78 is 11.2. The van der Waals surface area contributed by atoms with Crippen LogP contribution in [-0.4, -0.2) is 43.2 Å². The highest BCUT2D eigenvalue weighted by atomic mass is 16.6. The Labute approximate surface area is 142 Å². The minimum absolute atomic E-state index is 0.237. The Hall–Kier alpha value is -2.17. The van der Waals surface area contributed by atoms with Crippen LogP contribution in [0.3, 0.4) is 0 Å². The van der Waals surface area contributed by atoms with Crippen molar-refractivity contribution in [2.75, 3.05) is 31.6 Å². The zero-order valence-corrected chi connectivity index (χ0v) is 13.9. The van der Waals surface area contributed by atoms with Crippen LogP contribution in [0.15, 0.2) is 29.8 Å². The third-order valence-corrected chi connectivity index (χ3v) is 4.94. The van der Waals surface area contributed by atoms with Crippen LogP contribution in [0.2, 0.25) is 0 Å². The maximum atomic E-state index is 12.6. The molecule has 1 N–H and O–H groups in total. The molecule has 1 saturated heterocycles. The smallest absolute Gasteiger partial charge is 0.249 e. The number of nitrogens with zero attached hydrogens (tertiary/aromatic N) is 1. The fourth-order valence-electron chi connectivity index (χ4n) is 3.72. The molecule has 1 aromatic carbocycles. The van der Waals surface area contributed by atoms with E-state index < -0.39 is 0 Å². The summed E-state index contributed by atoms with van der Waals surface area (Å²) in [4.78, 5) is 14.6. The topological polar surface area (TPSA) is 50.8 Å². The SMILES string of the molecule is O=C(C1=CCCC1)N1CCCC(Nc2ccc3c(c2)OCCO3)C1. The molecule has 2 heterocycles. The van der Waals surface area contributed by atoms with Gasteiger partial charge in [-0.15, -0.1) is 0 Å².